The number of thiophene rings is 1. The summed E-state index contributed by atoms with van der Waals surface area (Å²) in [6, 6.07) is 9.21. The van der Waals surface area contributed by atoms with Gasteiger partial charge < -0.3 is 15.4 Å². The predicted octanol–water partition coefficient (Wildman–Crippen LogP) is 5.53. The van der Waals surface area contributed by atoms with Crippen LogP contribution in [0.15, 0.2) is 36.4 Å². The highest BCUT2D eigenvalue weighted by Gasteiger charge is 2.27. The van der Waals surface area contributed by atoms with Crippen LogP contribution in [-0.4, -0.2) is 29.8 Å². The van der Waals surface area contributed by atoms with Crippen molar-refractivity contribution in [1.82, 2.24) is 0 Å². The normalized spacial score (nSPS) is 10.5. The molecule has 3 aromatic rings. The molecule has 11 heteroatoms. The van der Waals surface area contributed by atoms with E-state index in [1.807, 2.05) is 32.0 Å². The molecular weight excluding hydrogens is 482 g/mol. The number of nitrogens with zero attached hydrogens (tertiary/aromatic N) is 1. The van der Waals surface area contributed by atoms with Gasteiger partial charge in [0.2, 0.25) is 0 Å². The van der Waals surface area contributed by atoms with Gasteiger partial charge in [0.1, 0.15) is 10.0 Å². The Bertz CT molecular complexity index is 1330. The van der Waals surface area contributed by atoms with E-state index in [4.69, 9.17) is 16.3 Å². The number of esters is 1. The zero-order valence-electron chi connectivity index (χ0n) is 18.6. The first-order valence-corrected chi connectivity index (χ1v) is 11.1. The summed E-state index contributed by atoms with van der Waals surface area (Å²) in [6.45, 7) is 5.33. The fourth-order valence-electron chi connectivity index (χ4n) is 3.18. The molecule has 34 heavy (non-hydrogen) atoms. The van der Waals surface area contributed by atoms with Crippen molar-refractivity contribution in [1.29, 1.82) is 0 Å². The Kier molecular flexibility index (Phi) is 7.33. The lowest BCUT2D eigenvalue weighted by atomic mass is 10.1. The number of methoxy groups -OCH3 is 1. The van der Waals surface area contributed by atoms with Crippen molar-refractivity contribution in [3.8, 4) is 0 Å². The van der Waals surface area contributed by atoms with E-state index in [9.17, 15) is 24.5 Å². The summed E-state index contributed by atoms with van der Waals surface area (Å²) in [7, 11) is 1.18. The molecule has 3 rings (SSSR count). The maximum atomic E-state index is 13.0. The van der Waals surface area contributed by atoms with Gasteiger partial charge in [0.05, 0.1) is 22.5 Å². The standard InChI is InChI=1S/C23H20ClN3O6S/c1-11-5-6-12(2)16(9-11)25-21(29)19-13(3)18(23(30)33-4)22(34-19)26-20(28)14-7-8-15(24)17(10-14)27(31)32/h5-10H,1-4H3,(H,25,29)(H,26,28). The lowest BCUT2D eigenvalue weighted by molar-refractivity contribution is -0.384. The van der Waals surface area contributed by atoms with Gasteiger partial charge in [-0.1, -0.05) is 23.7 Å². The number of carbonyl (C=O) groups is 3. The van der Waals surface area contributed by atoms with E-state index in [0.29, 0.717) is 11.3 Å². The van der Waals surface area contributed by atoms with Gasteiger partial charge in [-0.15, -0.1) is 11.3 Å². The van der Waals surface area contributed by atoms with Crippen molar-refractivity contribution in [2.75, 3.05) is 17.7 Å². The van der Waals surface area contributed by atoms with Gasteiger partial charge in [0.25, 0.3) is 17.5 Å². The number of hydrogen-bond acceptors (Lipinski definition) is 7. The summed E-state index contributed by atoms with van der Waals surface area (Å²) in [4.78, 5) is 48.9. The summed E-state index contributed by atoms with van der Waals surface area (Å²) in [5.41, 5.74) is 2.32. The lowest BCUT2D eigenvalue weighted by Gasteiger charge is -2.09. The molecule has 176 valence electrons. The average Bonchev–Trinajstić information content (AvgIpc) is 3.11. The van der Waals surface area contributed by atoms with Crippen LogP contribution in [-0.2, 0) is 4.74 Å². The summed E-state index contributed by atoms with van der Waals surface area (Å²) < 4.78 is 4.84. The quantitative estimate of drug-likeness (QED) is 0.260. The van der Waals surface area contributed by atoms with Crippen molar-refractivity contribution in [2.45, 2.75) is 20.8 Å². The van der Waals surface area contributed by atoms with Gasteiger partial charge in [-0.25, -0.2) is 4.79 Å². The number of amides is 2. The number of benzene rings is 2. The van der Waals surface area contributed by atoms with Crippen molar-refractivity contribution < 1.29 is 24.0 Å². The zero-order valence-corrected chi connectivity index (χ0v) is 20.2. The highest BCUT2D eigenvalue weighted by molar-refractivity contribution is 7.19. The number of nitro groups is 1. The van der Waals surface area contributed by atoms with E-state index in [0.717, 1.165) is 28.5 Å². The maximum Gasteiger partial charge on any atom is 0.341 e. The minimum atomic E-state index is -0.739. The molecule has 0 saturated heterocycles. The van der Waals surface area contributed by atoms with Gasteiger partial charge in [0, 0.05) is 17.3 Å². The van der Waals surface area contributed by atoms with Gasteiger partial charge in [-0.2, -0.15) is 0 Å². The third-order valence-electron chi connectivity index (χ3n) is 5.02. The second-order valence-electron chi connectivity index (χ2n) is 7.40. The van der Waals surface area contributed by atoms with Crippen molar-refractivity contribution >= 4 is 57.1 Å². The second kappa shape index (κ2) is 10.0. The highest BCUT2D eigenvalue weighted by atomic mass is 35.5. The fraction of sp³-hybridized carbons (Fsp3) is 0.174. The van der Waals surface area contributed by atoms with Crippen molar-refractivity contribution in [3.05, 3.63) is 84.2 Å². The van der Waals surface area contributed by atoms with Gasteiger partial charge in [-0.05, 0) is 55.7 Å². The molecule has 0 radical (unpaired) electrons. The summed E-state index contributed by atoms with van der Waals surface area (Å²) in [5, 5.41) is 16.5. The topological polar surface area (TPSA) is 128 Å². The first-order valence-electron chi connectivity index (χ1n) is 9.89. The summed E-state index contributed by atoms with van der Waals surface area (Å²) in [6.07, 6.45) is 0. The fourth-order valence-corrected chi connectivity index (χ4v) is 4.46. The number of nitro benzene ring substituents is 1. The molecule has 0 aliphatic carbocycles. The Hall–Kier alpha value is -3.76. The van der Waals surface area contributed by atoms with Gasteiger partial charge >= 0.3 is 5.97 Å². The molecule has 0 unspecified atom stereocenters. The minimum absolute atomic E-state index is 0.0235. The van der Waals surface area contributed by atoms with E-state index in [1.165, 1.54) is 19.2 Å². The molecule has 0 bridgehead atoms. The van der Waals surface area contributed by atoms with Crippen molar-refractivity contribution in [2.24, 2.45) is 0 Å². The number of ether oxygens (including phenoxy) is 1. The van der Waals surface area contributed by atoms with Crippen LogP contribution in [0.5, 0.6) is 0 Å². The van der Waals surface area contributed by atoms with Crippen LogP contribution in [0, 0.1) is 30.9 Å². The van der Waals surface area contributed by atoms with E-state index < -0.39 is 28.4 Å². The van der Waals surface area contributed by atoms with Crippen LogP contribution < -0.4 is 10.6 Å². The Morgan fingerprint density at radius 1 is 1.03 bits per heavy atom. The number of aryl methyl sites for hydroxylation is 2. The Balaban J connectivity index is 1.97. The Morgan fingerprint density at radius 2 is 1.74 bits per heavy atom. The summed E-state index contributed by atoms with van der Waals surface area (Å²) >= 11 is 6.71. The molecule has 0 aliphatic rings. The first kappa shape index (κ1) is 24.9. The molecule has 0 spiro atoms. The number of carbonyl (C=O) groups excluding carboxylic acids is 3. The number of rotatable bonds is 6. The number of anilines is 2. The first-order chi connectivity index (χ1) is 16.0. The molecule has 1 heterocycles. The van der Waals surface area contributed by atoms with Gasteiger partial charge in [0.15, 0.2) is 0 Å². The maximum absolute atomic E-state index is 13.0. The Labute approximate surface area is 203 Å². The molecule has 0 fully saturated rings. The van der Waals surface area contributed by atoms with Crippen LogP contribution in [0.25, 0.3) is 0 Å². The third-order valence-corrected chi connectivity index (χ3v) is 6.54. The largest absolute Gasteiger partial charge is 0.465 e. The van der Waals surface area contributed by atoms with E-state index >= 15 is 0 Å². The monoisotopic (exact) mass is 501 g/mol. The van der Waals surface area contributed by atoms with Crippen LogP contribution in [0.1, 0.15) is 47.1 Å². The molecular formula is C23H20ClN3O6S. The molecule has 0 saturated carbocycles. The van der Waals surface area contributed by atoms with Crippen molar-refractivity contribution in [3.63, 3.8) is 0 Å². The van der Waals surface area contributed by atoms with E-state index in [2.05, 4.69) is 10.6 Å². The van der Waals surface area contributed by atoms with Crippen LogP contribution in [0.4, 0.5) is 16.4 Å². The van der Waals surface area contributed by atoms with Crippen LogP contribution in [0.3, 0.4) is 0 Å². The lowest BCUT2D eigenvalue weighted by Crippen LogP contribution is -2.15. The van der Waals surface area contributed by atoms with E-state index in [1.54, 1.807) is 6.92 Å². The molecule has 0 aliphatic heterocycles. The molecule has 2 amide bonds. The molecule has 9 nitrogen and oxygen atoms in total. The molecule has 0 atom stereocenters. The van der Waals surface area contributed by atoms with Crippen LogP contribution in [0.2, 0.25) is 5.02 Å². The van der Waals surface area contributed by atoms with Crippen LogP contribution >= 0.6 is 22.9 Å². The third kappa shape index (κ3) is 5.08. The second-order valence-corrected chi connectivity index (χ2v) is 8.83. The molecule has 1 aromatic heterocycles. The Morgan fingerprint density at radius 3 is 2.38 bits per heavy atom. The number of hydrogen-bond donors (Lipinski definition) is 2. The predicted molar refractivity (Wildman–Crippen MR) is 130 cm³/mol. The molecule has 2 aromatic carbocycles. The minimum Gasteiger partial charge on any atom is -0.465 e. The highest BCUT2D eigenvalue weighted by Crippen LogP contribution is 2.35. The van der Waals surface area contributed by atoms with E-state index in [-0.39, 0.29) is 26.0 Å². The van der Waals surface area contributed by atoms with Gasteiger partial charge in [-0.3, -0.25) is 19.7 Å². The smallest absolute Gasteiger partial charge is 0.341 e. The summed E-state index contributed by atoms with van der Waals surface area (Å²) in [5.74, 6) is -1.91. The molecule has 2 N–H and O–H groups in total. The SMILES string of the molecule is COC(=O)c1c(NC(=O)c2ccc(Cl)c([N+](=O)[O-])c2)sc(C(=O)Nc2cc(C)ccc2C)c1C. The number of halogens is 1. The average molecular weight is 502 g/mol. The number of nitrogens with one attached hydrogen (secondary N) is 2. The zero-order chi connectivity index (χ0) is 25.2.